The minimum absolute atomic E-state index is 0. The Morgan fingerprint density at radius 3 is 2.61 bits per heavy atom. The van der Waals surface area contributed by atoms with Gasteiger partial charge in [0.1, 0.15) is 0 Å². The molecule has 3 heteroatoms. The molecule has 1 saturated carbocycles. The Hall–Kier alpha value is -0.570. The molecular weight excluding hydrogens is 304 g/mol. The van der Waals surface area contributed by atoms with E-state index in [1.54, 1.807) is 5.56 Å². The fraction of sp³-hybridized carbons (Fsp3) is 0.700. The molecule has 0 spiro atoms. The minimum Gasteiger partial charge on any atom is -0.316 e. The summed E-state index contributed by atoms with van der Waals surface area (Å²) in [6.07, 6.45) is 8.58. The van der Waals surface area contributed by atoms with E-state index < -0.39 is 0 Å². The molecule has 1 aliphatic carbocycles. The van der Waals surface area contributed by atoms with Crippen molar-refractivity contribution in [2.24, 2.45) is 11.8 Å². The fourth-order valence-electron chi connectivity index (χ4n) is 5.26. The largest absolute Gasteiger partial charge is 0.316 e. The molecule has 4 rings (SSSR count). The molecule has 4 atom stereocenters. The summed E-state index contributed by atoms with van der Waals surface area (Å²) in [4.78, 5) is 2.87. The number of nitrogens with zero attached hydrogens (tertiary/aromatic N) is 1. The standard InChI is InChI=1S/C20H30N2.ClH/c1-2-8-17(9-3-1)19-15-22(14-16-7-6-12-21-13-16)20-11-5-4-10-18(19)20;/h1-3,8-9,16,18-21H,4-7,10-15H2;1H. The van der Waals surface area contributed by atoms with Crippen molar-refractivity contribution in [2.45, 2.75) is 50.5 Å². The van der Waals surface area contributed by atoms with Gasteiger partial charge in [-0.1, -0.05) is 43.2 Å². The highest BCUT2D eigenvalue weighted by Crippen LogP contribution is 2.45. The molecule has 3 fully saturated rings. The lowest BCUT2D eigenvalue weighted by molar-refractivity contribution is 0.149. The van der Waals surface area contributed by atoms with E-state index in [0.717, 1.165) is 23.8 Å². The summed E-state index contributed by atoms with van der Waals surface area (Å²) >= 11 is 0. The van der Waals surface area contributed by atoms with Crippen molar-refractivity contribution < 1.29 is 0 Å². The van der Waals surface area contributed by atoms with E-state index in [1.165, 1.54) is 64.7 Å². The lowest BCUT2D eigenvalue weighted by atomic mass is 9.77. The molecule has 0 radical (unpaired) electrons. The van der Waals surface area contributed by atoms with Gasteiger partial charge in [-0.25, -0.2) is 0 Å². The van der Waals surface area contributed by atoms with E-state index in [9.17, 15) is 0 Å². The quantitative estimate of drug-likeness (QED) is 0.896. The number of fused-ring (bicyclic) bond motifs is 1. The molecule has 4 unspecified atom stereocenters. The SMILES string of the molecule is Cl.c1ccc(C2CN(CC3CCCNC3)C3CCCCC23)cc1. The lowest BCUT2D eigenvalue weighted by Crippen LogP contribution is -2.42. The van der Waals surface area contributed by atoms with E-state index in [-0.39, 0.29) is 12.4 Å². The zero-order chi connectivity index (χ0) is 14.8. The minimum atomic E-state index is 0. The summed E-state index contributed by atoms with van der Waals surface area (Å²) in [6, 6.07) is 12.2. The molecule has 1 aromatic carbocycles. The van der Waals surface area contributed by atoms with Crippen LogP contribution in [0.1, 0.15) is 50.0 Å². The Balaban J connectivity index is 0.00000156. The topological polar surface area (TPSA) is 15.3 Å². The Morgan fingerprint density at radius 1 is 1.00 bits per heavy atom. The van der Waals surface area contributed by atoms with Crippen LogP contribution in [0, 0.1) is 11.8 Å². The van der Waals surface area contributed by atoms with Gasteiger partial charge in [-0.3, -0.25) is 4.90 Å². The van der Waals surface area contributed by atoms with Crippen LogP contribution in [0.2, 0.25) is 0 Å². The highest BCUT2D eigenvalue weighted by atomic mass is 35.5. The van der Waals surface area contributed by atoms with Gasteiger partial charge in [0.25, 0.3) is 0 Å². The molecule has 1 N–H and O–H groups in total. The average molecular weight is 335 g/mol. The zero-order valence-electron chi connectivity index (χ0n) is 14.1. The van der Waals surface area contributed by atoms with Crippen LogP contribution in [0.15, 0.2) is 30.3 Å². The van der Waals surface area contributed by atoms with Crippen LogP contribution < -0.4 is 5.32 Å². The van der Waals surface area contributed by atoms with Gasteiger partial charge in [-0.05, 0) is 56.2 Å². The Kier molecular flexibility index (Phi) is 6.01. The third-order valence-corrected chi connectivity index (χ3v) is 6.32. The number of nitrogens with one attached hydrogen (secondary N) is 1. The molecule has 0 aromatic heterocycles. The Bertz CT molecular complexity index is 472. The highest BCUT2D eigenvalue weighted by Gasteiger charge is 2.43. The first-order chi connectivity index (χ1) is 10.9. The van der Waals surface area contributed by atoms with Crippen LogP contribution in [0.4, 0.5) is 0 Å². The van der Waals surface area contributed by atoms with Crippen LogP contribution in [-0.2, 0) is 0 Å². The van der Waals surface area contributed by atoms with Crippen LogP contribution in [0.25, 0.3) is 0 Å². The first-order valence-electron chi connectivity index (χ1n) is 9.41. The van der Waals surface area contributed by atoms with Gasteiger partial charge in [0, 0.05) is 25.0 Å². The summed E-state index contributed by atoms with van der Waals surface area (Å²) in [7, 11) is 0. The van der Waals surface area contributed by atoms with Crippen molar-refractivity contribution in [1.29, 1.82) is 0 Å². The summed E-state index contributed by atoms with van der Waals surface area (Å²) in [5.74, 6) is 2.57. The van der Waals surface area contributed by atoms with Gasteiger partial charge in [-0.2, -0.15) is 0 Å². The third-order valence-electron chi connectivity index (χ3n) is 6.32. The van der Waals surface area contributed by atoms with E-state index >= 15 is 0 Å². The molecule has 0 bridgehead atoms. The van der Waals surface area contributed by atoms with Gasteiger partial charge in [0.15, 0.2) is 0 Å². The lowest BCUT2D eigenvalue weighted by Gasteiger charge is -2.35. The first-order valence-corrected chi connectivity index (χ1v) is 9.41. The maximum Gasteiger partial charge on any atom is 0.0130 e. The first kappa shape index (κ1) is 17.3. The predicted molar refractivity (Wildman–Crippen MR) is 99.3 cm³/mol. The number of benzene rings is 1. The van der Waals surface area contributed by atoms with Gasteiger partial charge < -0.3 is 5.32 Å². The van der Waals surface area contributed by atoms with E-state index in [2.05, 4.69) is 40.5 Å². The van der Waals surface area contributed by atoms with Crippen molar-refractivity contribution in [3.63, 3.8) is 0 Å². The number of hydrogen-bond acceptors (Lipinski definition) is 2. The molecule has 23 heavy (non-hydrogen) atoms. The molecule has 0 amide bonds. The van der Waals surface area contributed by atoms with Crippen LogP contribution in [0.5, 0.6) is 0 Å². The van der Waals surface area contributed by atoms with Crippen LogP contribution >= 0.6 is 12.4 Å². The molecule has 1 aromatic rings. The Morgan fingerprint density at radius 2 is 1.83 bits per heavy atom. The summed E-state index contributed by atoms with van der Waals surface area (Å²) in [6.45, 7) is 5.10. The van der Waals surface area contributed by atoms with Gasteiger partial charge >= 0.3 is 0 Å². The number of halogens is 1. The maximum absolute atomic E-state index is 3.60. The van der Waals surface area contributed by atoms with E-state index in [0.29, 0.717) is 0 Å². The van der Waals surface area contributed by atoms with Crippen molar-refractivity contribution in [2.75, 3.05) is 26.2 Å². The van der Waals surface area contributed by atoms with Crippen molar-refractivity contribution in [1.82, 2.24) is 10.2 Å². The maximum atomic E-state index is 3.60. The Labute approximate surface area is 147 Å². The second-order valence-corrected chi connectivity index (χ2v) is 7.70. The van der Waals surface area contributed by atoms with Crippen LogP contribution in [-0.4, -0.2) is 37.1 Å². The van der Waals surface area contributed by atoms with E-state index in [4.69, 9.17) is 0 Å². The monoisotopic (exact) mass is 334 g/mol. The van der Waals surface area contributed by atoms with Crippen molar-refractivity contribution >= 4 is 12.4 Å². The molecule has 128 valence electrons. The van der Waals surface area contributed by atoms with E-state index in [1.807, 2.05) is 0 Å². The van der Waals surface area contributed by atoms with Crippen LogP contribution in [0.3, 0.4) is 0 Å². The molecule has 3 aliphatic rings. The molecule has 2 nitrogen and oxygen atoms in total. The number of likely N-dealkylation sites (tertiary alicyclic amines) is 1. The summed E-state index contributed by atoms with van der Waals surface area (Å²) in [5.41, 5.74) is 1.59. The van der Waals surface area contributed by atoms with Gasteiger partial charge in [-0.15, -0.1) is 12.4 Å². The van der Waals surface area contributed by atoms with Gasteiger partial charge in [0.2, 0.25) is 0 Å². The summed E-state index contributed by atoms with van der Waals surface area (Å²) < 4.78 is 0. The fourth-order valence-corrected chi connectivity index (χ4v) is 5.26. The smallest absolute Gasteiger partial charge is 0.0130 e. The van der Waals surface area contributed by atoms with Crippen molar-refractivity contribution in [3.05, 3.63) is 35.9 Å². The number of hydrogen-bond donors (Lipinski definition) is 1. The van der Waals surface area contributed by atoms with Crippen molar-refractivity contribution in [3.8, 4) is 0 Å². The zero-order valence-corrected chi connectivity index (χ0v) is 14.9. The molecular formula is C20H31ClN2. The molecule has 2 heterocycles. The van der Waals surface area contributed by atoms with Gasteiger partial charge in [0.05, 0.1) is 0 Å². The summed E-state index contributed by atoms with van der Waals surface area (Å²) in [5, 5.41) is 3.60. The molecule has 2 saturated heterocycles. The molecule has 2 aliphatic heterocycles. The second-order valence-electron chi connectivity index (χ2n) is 7.70. The average Bonchev–Trinajstić information content (AvgIpc) is 2.96. The highest BCUT2D eigenvalue weighted by molar-refractivity contribution is 5.85. The normalized spacial score (nSPS) is 34.6. The predicted octanol–water partition coefficient (Wildman–Crippen LogP) is 4.07. The second kappa shape index (κ2) is 8.00. The third kappa shape index (κ3) is 3.75. The number of piperidine rings is 1. The number of rotatable bonds is 3.